The SMILES string of the molecule is CC.SCc1ccc(COc2ccc3ccccc3c2)cc1. The molecule has 0 fully saturated rings. The van der Waals surface area contributed by atoms with Crippen LogP contribution in [0.2, 0.25) is 0 Å². The lowest BCUT2D eigenvalue weighted by molar-refractivity contribution is 0.306. The fourth-order valence-electron chi connectivity index (χ4n) is 2.16. The molecule has 114 valence electrons. The molecule has 0 heterocycles. The Hall–Kier alpha value is -1.93. The van der Waals surface area contributed by atoms with Crippen LogP contribution < -0.4 is 4.74 Å². The first kappa shape index (κ1) is 16.4. The maximum atomic E-state index is 5.85. The van der Waals surface area contributed by atoms with Gasteiger partial charge in [0.1, 0.15) is 12.4 Å². The van der Waals surface area contributed by atoms with E-state index in [1.807, 2.05) is 32.0 Å². The van der Waals surface area contributed by atoms with Crippen molar-refractivity contribution in [3.05, 3.63) is 77.9 Å². The molecule has 0 aromatic heterocycles. The number of rotatable bonds is 4. The minimum Gasteiger partial charge on any atom is -0.489 e. The third kappa shape index (κ3) is 4.28. The van der Waals surface area contributed by atoms with Crippen molar-refractivity contribution >= 4 is 23.4 Å². The molecule has 3 aromatic carbocycles. The molecule has 0 unspecified atom stereocenters. The predicted molar refractivity (Wildman–Crippen MR) is 98.8 cm³/mol. The lowest BCUT2D eigenvalue weighted by Gasteiger charge is -2.08. The fourth-order valence-corrected chi connectivity index (χ4v) is 2.38. The van der Waals surface area contributed by atoms with E-state index in [9.17, 15) is 0 Å². The highest BCUT2D eigenvalue weighted by Crippen LogP contribution is 2.21. The van der Waals surface area contributed by atoms with Crippen molar-refractivity contribution in [3.8, 4) is 5.75 Å². The maximum absolute atomic E-state index is 5.85. The van der Waals surface area contributed by atoms with Crippen molar-refractivity contribution < 1.29 is 4.74 Å². The number of thiol groups is 1. The van der Waals surface area contributed by atoms with Crippen LogP contribution in [0.15, 0.2) is 66.7 Å². The van der Waals surface area contributed by atoms with Crippen LogP contribution in [-0.4, -0.2) is 0 Å². The topological polar surface area (TPSA) is 9.23 Å². The molecule has 0 aliphatic heterocycles. The Morgan fingerprint density at radius 3 is 2.09 bits per heavy atom. The minimum atomic E-state index is 0.588. The van der Waals surface area contributed by atoms with Crippen LogP contribution in [-0.2, 0) is 12.4 Å². The summed E-state index contributed by atoms with van der Waals surface area (Å²) in [5, 5.41) is 2.44. The van der Waals surface area contributed by atoms with Gasteiger partial charge in [-0.2, -0.15) is 12.6 Å². The second-order valence-corrected chi connectivity index (χ2v) is 5.09. The van der Waals surface area contributed by atoms with Gasteiger partial charge in [-0.15, -0.1) is 0 Å². The van der Waals surface area contributed by atoms with Crippen molar-refractivity contribution in [3.63, 3.8) is 0 Å². The van der Waals surface area contributed by atoms with Gasteiger partial charge < -0.3 is 4.74 Å². The molecule has 0 N–H and O–H groups in total. The summed E-state index contributed by atoms with van der Waals surface area (Å²) in [6, 6.07) is 22.8. The molecular formula is C20H22OS. The third-order valence-corrected chi connectivity index (χ3v) is 3.70. The second kappa shape index (κ2) is 8.50. The highest BCUT2D eigenvalue weighted by atomic mass is 32.1. The molecule has 2 heteroatoms. The molecule has 0 aliphatic carbocycles. The predicted octanol–water partition coefficient (Wildman–Crippen LogP) is 5.87. The summed E-state index contributed by atoms with van der Waals surface area (Å²) in [4.78, 5) is 0. The van der Waals surface area contributed by atoms with Gasteiger partial charge in [0.25, 0.3) is 0 Å². The van der Waals surface area contributed by atoms with Gasteiger partial charge in [-0.1, -0.05) is 68.4 Å². The molecule has 0 radical (unpaired) electrons. The molecule has 1 nitrogen and oxygen atoms in total. The Bertz CT molecular complexity index is 704. The highest BCUT2D eigenvalue weighted by molar-refractivity contribution is 7.79. The lowest BCUT2D eigenvalue weighted by Crippen LogP contribution is -1.95. The summed E-state index contributed by atoms with van der Waals surface area (Å²) in [5.74, 6) is 1.67. The molecule has 3 aromatic rings. The zero-order chi connectivity index (χ0) is 15.8. The zero-order valence-corrected chi connectivity index (χ0v) is 14.0. The van der Waals surface area contributed by atoms with Gasteiger partial charge in [-0.05, 0) is 34.0 Å². The van der Waals surface area contributed by atoms with E-state index in [2.05, 4.69) is 61.2 Å². The Kier molecular flexibility index (Phi) is 6.35. The van der Waals surface area contributed by atoms with Gasteiger partial charge in [-0.25, -0.2) is 0 Å². The summed E-state index contributed by atoms with van der Waals surface area (Å²) in [5.41, 5.74) is 2.39. The minimum absolute atomic E-state index is 0.588. The molecular weight excluding hydrogens is 288 g/mol. The summed E-state index contributed by atoms with van der Waals surface area (Å²) >= 11 is 4.26. The molecule has 0 aliphatic rings. The first-order valence-electron chi connectivity index (χ1n) is 7.65. The van der Waals surface area contributed by atoms with Crippen LogP contribution in [0, 0.1) is 0 Å². The number of benzene rings is 3. The summed E-state index contributed by atoms with van der Waals surface area (Å²) < 4.78 is 5.85. The van der Waals surface area contributed by atoms with Crippen LogP contribution in [0.1, 0.15) is 25.0 Å². The van der Waals surface area contributed by atoms with Crippen LogP contribution in [0.4, 0.5) is 0 Å². The van der Waals surface area contributed by atoms with Crippen LogP contribution in [0.5, 0.6) is 5.75 Å². The first-order valence-corrected chi connectivity index (χ1v) is 8.29. The second-order valence-electron chi connectivity index (χ2n) is 4.77. The molecule has 0 saturated carbocycles. The van der Waals surface area contributed by atoms with Gasteiger partial charge >= 0.3 is 0 Å². The normalized spacial score (nSPS) is 9.95. The van der Waals surface area contributed by atoms with Gasteiger partial charge in [0, 0.05) is 5.75 Å². The number of ether oxygens (including phenoxy) is 1. The monoisotopic (exact) mass is 310 g/mol. The average molecular weight is 310 g/mol. The van der Waals surface area contributed by atoms with E-state index in [0.29, 0.717) is 6.61 Å². The highest BCUT2D eigenvalue weighted by Gasteiger charge is 1.99. The van der Waals surface area contributed by atoms with Gasteiger partial charge in [-0.3, -0.25) is 0 Å². The smallest absolute Gasteiger partial charge is 0.120 e. The van der Waals surface area contributed by atoms with E-state index in [1.165, 1.54) is 21.9 Å². The zero-order valence-electron chi connectivity index (χ0n) is 13.1. The lowest BCUT2D eigenvalue weighted by atomic mass is 10.1. The molecule has 0 saturated heterocycles. The van der Waals surface area contributed by atoms with Crippen molar-refractivity contribution in [2.75, 3.05) is 0 Å². The van der Waals surface area contributed by atoms with Crippen LogP contribution >= 0.6 is 12.6 Å². The van der Waals surface area contributed by atoms with Gasteiger partial charge in [0.2, 0.25) is 0 Å². The molecule has 0 bridgehead atoms. The summed E-state index contributed by atoms with van der Waals surface area (Å²) in [6.45, 7) is 4.59. The van der Waals surface area contributed by atoms with Crippen molar-refractivity contribution in [2.24, 2.45) is 0 Å². The van der Waals surface area contributed by atoms with E-state index in [1.54, 1.807) is 0 Å². The van der Waals surface area contributed by atoms with Crippen molar-refractivity contribution in [1.29, 1.82) is 0 Å². The van der Waals surface area contributed by atoms with Gasteiger partial charge in [0.15, 0.2) is 0 Å². The summed E-state index contributed by atoms with van der Waals surface area (Å²) in [7, 11) is 0. The third-order valence-electron chi connectivity index (χ3n) is 3.33. The molecule has 0 spiro atoms. The van der Waals surface area contributed by atoms with E-state index >= 15 is 0 Å². The van der Waals surface area contributed by atoms with E-state index < -0.39 is 0 Å². The quantitative estimate of drug-likeness (QED) is 0.592. The Morgan fingerprint density at radius 1 is 0.773 bits per heavy atom. The fraction of sp³-hybridized carbons (Fsp3) is 0.200. The summed E-state index contributed by atoms with van der Waals surface area (Å²) in [6.07, 6.45) is 0. The Labute approximate surface area is 138 Å². The molecule has 3 rings (SSSR count). The maximum Gasteiger partial charge on any atom is 0.120 e. The average Bonchev–Trinajstić information content (AvgIpc) is 2.62. The van der Waals surface area contributed by atoms with E-state index in [0.717, 1.165) is 11.5 Å². The Balaban J connectivity index is 0.000000847. The van der Waals surface area contributed by atoms with Crippen molar-refractivity contribution in [2.45, 2.75) is 26.2 Å². The molecule has 0 atom stereocenters. The van der Waals surface area contributed by atoms with E-state index in [-0.39, 0.29) is 0 Å². The van der Waals surface area contributed by atoms with Crippen LogP contribution in [0.25, 0.3) is 10.8 Å². The molecule has 0 amide bonds. The number of hydrogen-bond donors (Lipinski definition) is 1. The van der Waals surface area contributed by atoms with E-state index in [4.69, 9.17) is 4.74 Å². The van der Waals surface area contributed by atoms with Crippen LogP contribution in [0.3, 0.4) is 0 Å². The standard InChI is InChI=1S/C18H16OS.C2H6/c20-13-15-7-5-14(6-8-15)12-19-18-10-9-16-3-1-2-4-17(16)11-18;1-2/h1-11,20H,12-13H2;1-2H3. The number of fused-ring (bicyclic) bond motifs is 1. The first-order chi connectivity index (χ1) is 10.8. The molecule has 22 heavy (non-hydrogen) atoms. The Morgan fingerprint density at radius 2 is 1.41 bits per heavy atom. The van der Waals surface area contributed by atoms with Gasteiger partial charge in [0.05, 0.1) is 0 Å². The largest absolute Gasteiger partial charge is 0.489 e. The number of hydrogen-bond acceptors (Lipinski definition) is 2. The van der Waals surface area contributed by atoms with Crippen molar-refractivity contribution in [1.82, 2.24) is 0 Å².